The highest BCUT2D eigenvalue weighted by atomic mass is 16.5. The van der Waals surface area contributed by atoms with Crippen molar-refractivity contribution in [3.8, 4) is 0 Å². The van der Waals surface area contributed by atoms with Gasteiger partial charge in [-0.05, 0) is 44.7 Å². The van der Waals surface area contributed by atoms with Crippen molar-refractivity contribution in [2.45, 2.75) is 52.5 Å². The van der Waals surface area contributed by atoms with E-state index >= 15 is 0 Å². The Labute approximate surface area is 193 Å². The number of nitrogens with zero attached hydrogens (tertiary/aromatic N) is 2. The first-order valence-electron chi connectivity index (χ1n) is 11.6. The van der Waals surface area contributed by atoms with Crippen LogP contribution in [0, 0.1) is 25.7 Å². The van der Waals surface area contributed by atoms with Crippen molar-refractivity contribution in [3.63, 3.8) is 0 Å². The fraction of sp³-hybridized carbons (Fsp3) is 0.462. The molecule has 2 aromatic rings. The molecule has 0 bridgehead atoms. The maximum absolute atomic E-state index is 12.7. The molecule has 1 aliphatic heterocycles. The number of aryl methyl sites for hydroxylation is 2. The molecule has 7 heteroatoms. The van der Waals surface area contributed by atoms with Gasteiger partial charge in [-0.2, -0.15) is 0 Å². The average Bonchev–Trinajstić information content (AvgIpc) is 3.24. The molecule has 2 atom stereocenters. The second-order valence-electron chi connectivity index (χ2n) is 9.02. The first-order chi connectivity index (χ1) is 15.9. The van der Waals surface area contributed by atoms with Crippen LogP contribution in [0.3, 0.4) is 0 Å². The Balaban J connectivity index is 1.33. The summed E-state index contributed by atoms with van der Waals surface area (Å²) < 4.78 is 7.25. The molecule has 0 N–H and O–H groups in total. The van der Waals surface area contributed by atoms with Crippen LogP contribution in [0.15, 0.2) is 36.4 Å². The van der Waals surface area contributed by atoms with Crippen molar-refractivity contribution < 1.29 is 23.9 Å². The Morgan fingerprint density at radius 1 is 1.00 bits per heavy atom. The minimum Gasteiger partial charge on any atom is -0.456 e. The molecule has 1 saturated heterocycles. The number of rotatable bonds is 8. The largest absolute Gasteiger partial charge is 0.456 e. The van der Waals surface area contributed by atoms with Crippen LogP contribution in [0.1, 0.15) is 53.0 Å². The van der Waals surface area contributed by atoms with E-state index in [2.05, 4.69) is 16.7 Å². The Morgan fingerprint density at radius 3 is 2.27 bits per heavy atom. The lowest BCUT2D eigenvalue weighted by molar-refractivity contribution is -0.152. The molecule has 2 fully saturated rings. The van der Waals surface area contributed by atoms with E-state index < -0.39 is 19.1 Å². The standard InChI is InChI=1S/C26H30N2O5/c1-17-14-22(18(2)27(17)13-12-19-8-4-3-5-9-19)23(29)16-33-24(30)15-28-25(31)20-10-6-7-11-21(20)26(28)32/h3-5,8-9,14,20-21H,6-7,10-13,15-16H2,1-2H3. The van der Waals surface area contributed by atoms with Gasteiger partial charge in [0.25, 0.3) is 0 Å². The van der Waals surface area contributed by atoms with Gasteiger partial charge in [0, 0.05) is 23.5 Å². The number of Topliss-reactive ketones (excluding diaryl/α,β-unsaturated/α-hetero) is 1. The summed E-state index contributed by atoms with van der Waals surface area (Å²) in [4.78, 5) is 51.1. The quantitative estimate of drug-likeness (QED) is 0.350. The Hall–Kier alpha value is -3.22. The molecular weight excluding hydrogens is 420 g/mol. The first kappa shape index (κ1) is 23.0. The number of carbonyl (C=O) groups is 4. The lowest BCUT2D eigenvalue weighted by Crippen LogP contribution is -2.37. The van der Waals surface area contributed by atoms with Gasteiger partial charge < -0.3 is 9.30 Å². The molecule has 1 saturated carbocycles. The normalized spacial score (nSPS) is 20.1. The SMILES string of the molecule is Cc1cc(C(=O)COC(=O)CN2C(=O)C3CCCCC3C2=O)c(C)n1CCc1ccccc1. The summed E-state index contributed by atoms with van der Waals surface area (Å²) in [6.07, 6.45) is 4.09. The molecule has 1 aliphatic carbocycles. The number of fused-ring (bicyclic) bond motifs is 1. The van der Waals surface area contributed by atoms with E-state index in [-0.39, 0.29) is 29.4 Å². The van der Waals surface area contributed by atoms with Crippen LogP contribution in [-0.2, 0) is 32.1 Å². The molecule has 2 heterocycles. The lowest BCUT2D eigenvalue weighted by atomic mass is 9.81. The number of esters is 1. The number of benzene rings is 1. The molecule has 4 rings (SSSR count). The molecule has 2 aliphatic rings. The van der Waals surface area contributed by atoms with Gasteiger partial charge in [-0.1, -0.05) is 43.2 Å². The number of amides is 2. The molecule has 2 amide bonds. The predicted molar refractivity (Wildman–Crippen MR) is 122 cm³/mol. The summed E-state index contributed by atoms with van der Waals surface area (Å²) in [6, 6.07) is 12.0. The Kier molecular flexibility index (Phi) is 6.77. The molecule has 0 radical (unpaired) electrons. The van der Waals surface area contributed by atoms with Gasteiger partial charge in [0.1, 0.15) is 6.54 Å². The number of imide groups is 1. The highest BCUT2D eigenvalue weighted by Gasteiger charge is 2.48. The third-order valence-electron chi connectivity index (χ3n) is 6.92. The van der Waals surface area contributed by atoms with Crippen molar-refractivity contribution in [2.75, 3.05) is 13.2 Å². The van der Waals surface area contributed by atoms with Crippen molar-refractivity contribution >= 4 is 23.6 Å². The Bertz CT molecular complexity index is 1050. The van der Waals surface area contributed by atoms with Gasteiger partial charge in [-0.15, -0.1) is 0 Å². The predicted octanol–water partition coefficient (Wildman–Crippen LogP) is 3.25. The van der Waals surface area contributed by atoms with Gasteiger partial charge in [-0.25, -0.2) is 0 Å². The van der Waals surface area contributed by atoms with E-state index in [1.807, 2.05) is 38.1 Å². The topological polar surface area (TPSA) is 85.7 Å². The van der Waals surface area contributed by atoms with Gasteiger partial charge in [0.05, 0.1) is 11.8 Å². The Morgan fingerprint density at radius 2 is 1.64 bits per heavy atom. The minimum atomic E-state index is -0.735. The highest BCUT2D eigenvalue weighted by molar-refractivity contribution is 6.07. The highest BCUT2D eigenvalue weighted by Crippen LogP contribution is 2.37. The average molecular weight is 451 g/mol. The van der Waals surface area contributed by atoms with Crippen molar-refractivity contribution in [1.29, 1.82) is 0 Å². The van der Waals surface area contributed by atoms with Crippen LogP contribution in [0.5, 0.6) is 0 Å². The maximum atomic E-state index is 12.7. The third-order valence-corrected chi connectivity index (χ3v) is 6.92. The fourth-order valence-corrected chi connectivity index (χ4v) is 5.10. The van der Waals surface area contributed by atoms with Gasteiger partial charge >= 0.3 is 5.97 Å². The van der Waals surface area contributed by atoms with E-state index in [4.69, 9.17) is 4.74 Å². The monoisotopic (exact) mass is 450 g/mol. The number of aromatic nitrogens is 1. The van der Waals surface area contributed by atoms with Crippen LogP contribution < -0.4 is 0 Å². The van der Waals surface area contributed by atoms with E-state index in [9.17, 15) is 19.2 Å². The first-order valence-corrected chi connectivity index (χ1v) is 11.6. The van der Waals surface area contributed by atoms with Gasteiger partial charge in [0.2, 0.25) is 17.6 Å². The molecular formula is C26H30N2O5. The summed E-state index contributed by atoms with van der Waals surface area (Å²) in [6.45, 7) is 3.75. The number of carbonyl (C=O) groups excluding carboxylic acids is 4. The zero-order valence-electron chi connectivity index (χ0n) is 19.2. The summed E-state index contributed by atoms with van der Waals surface area (Å²) in [5.41, 5.74) is 3.54. The molecule has 1 aromatic heterocycles. The smallest absolute Gasteiger partial charge is 0.326 e. The second kappa shape index (κ2) is 9.73. The van der Waals surface area contributed by atoms with Crippen molar-refractivity contribution in [2.24, 2.45) is 11.8 Å². The number of ether oxygens (including phenoxy) is 1. The summed E-state index contributed by atoms with van der Waals surface area (Å²) in [5.74, 6) is -2.20. The zero-order valence-corrected chi connectivity index (χ0v) is 19.2. The summed E-state index contributed by atoms with van der Waals surface area (Å²) in [7, 11) is 0. The van der Waals surface area contributed by atoms with Crippen LogP contribution in [0.25, 0.3) is 0 Å². The lowest BCUT2D eigenvalue weighted by Gasteiger charge is -2.19. The van der Waals surface area contributed by atoms with Crippen molar-refractivity contribution in [1.82, 2.24) is 9.47 Å². The zero-order chi connectivity index (χ0) is 23.5. The molecule has 33 heavy (non-hydrogen) atoms. The van der Waals surface area contributed by atoms with E-state index in [0.717, 1.165) is 42.1 Å². The summed E-state index contributed by atoms with van der Waals surface area (Å²) in [5, 5.41) is 0. The number of likely N-dealkylation sites (tertiary alicyclic amines) is 1. The molecule has 2 unspecified atom stereocenters. The molecule has 174 valence electrons. The minimum absolute atomic E-state index is 0.282. The van der Waals surface area contributed by atoms with Crippen LogP contribution in [0.2, 0.25) is 0 Å². The fourth-order valence-electron chi connectivity index (χ4n) is 5.10. The second-order valence-corrected chi connectivity index (χ2v) is 9.02. The molecule has 7 nitrogen and oxygen atoms in total. The van der Waals surface area contributed by atoms with E-state index in [1.54, 1.807) is 0 Å². The van der Waals surface area contributed by atoms with Crippen LogP contribution in [0.4, 0.5) is 0 Å². The molecule has 1 aromatic carbocycles. The number of ketones is 1. The summed E-state index contributed by atoms with van der Waals surface area (Å²) >= 11 is 0. The van der Waals surface area contributed by atoms with Crippen molar-refractivity contribution in [3.05, 3.63) is 58.9 Å². The van der Waals surface area contributed by atoms with E-state index in [1.165, 1.54) is 5.56 Å². The van der Waals surface area contributed by atoms with Gasteiger partial charge in [-0.3, -0.25) is 24.1 Å². The molecule has 0 spiro atoms. The van der Waals surface area contributed by atoms with Crippen LogP contribution >= 0.6 is 0 Å². The van der Waals surface area contributed by atoms with Gasteiger partial charge in [0.15, 0.2) is 6.61 Å². The number of hydrogen-bond acceptors (Lipinski definition) is 5. The third kappa shape index (κ3) is 4.77. The van der Waals surface area contributed by atoms with E-state index in [0.29, 0.717) is 18.4 Å². The van der Waals surface area contributed by atoms with Crippen LogP contribution in [-0.4, -0.2) is 46.2 Å². The number of hydrogen-bond donors (Lipinski definition) is 0. The maximum Gasteiger partial charge on any atom is 0.326 e.